The van der Waals surface area contributed by atoms with Gasteiger partial charge >= 0.3 is 0 Å². The van der Waals surface area contributed by atoms with Crippen LogP contribution in [0.2, 0.25) is 0 Å². The summed E-state index contributed by atoms with van der Waals surface area (Å²) in [4.78, 5) is 22.9. The van der Waals surface area contributed by atoms with Crippen LogP contribution in [-0.2, 0) is 9.59 Å². The highest BCUT2D eigenvalue weighted by Crippen LogP contribution is 2.37. The molecule has 0 aliphatic heterocycles. The van der Waals surface area contributed by atoms with Gasteiger partial charge in [0.2, 0.25) is 11.8 Å². The summed E-state index contributed by atoms with van der Waals surface area (Å²) in [5.41, 5.74) is 0. The van der Waals surface area contributed by atoms with E-state index in [1.807, 2.05) is 13.8 Å². The van der Waals surface area contributed by atoms with Gasteiger partial charge in [0, 0.05) is 12.0 Å². The second kappa shape index (κ2) is 5.32. The highest BCUT2D eigenvalue weighted by Gasteiger charge is 2.38. The SMILES string of the molecule is CC(C)[C@H](C)NC(=O)CNC(=O)[C@@H]1C[C@H]1C. The summed E-state index contributed by atoms with van der Waals surface area (Å²) in [7, 11) is 0. The van der Waals surface area contributed by atoms with Crippen molar-refractivity contribution >= 4 is 11.8 Å². The molecule has 0 aromatic rings. The quantitative estimate of drug-likeness (QED) is 0.732. The zero-order valence-electron chi connectivity index (χ0n) is 10.5. The number of nitrogens with one attached hydrogen (secondary N) is 2. The van der Waals surface area contributed by atoms with E-state index in [9.17, 15) is 9.59 Å². The second-order valence-corrected chi connectivity index (χ2v) is 5.14. The van der Waals surface area contributed by atoms with E-state index in [0.717, 1.165) is 6.42 Å². The molecule has 1 aliphatic rings. The minimum atomic E-state index is -0.108. The molecule has 0 aromatic carbocycles. The van der Waals surface area contributed by atoms with E-state index in [1.54, 1.807) is 0 Å². The third-order valence-electron chi connectivity index (χ3n) is 3.26. The topological polar surface area (TPSA) is 58.2 Å². The fourth-order valence-corrected chi connectivity index (χ4v) is 1.46. The van der Waals surface area contributed by atoms with E-state index in [4.69, 9.17) is 0 Å². The maximum absolute atomic E-state index is 11.5. The molecule has 0 saturated heterocycles. The molecule has 1 saturated carbocycles. The lowest BCUT2D eigenvalue weighted by molar-refractivity contribution is -0.127. The Morgan fingerprint density at radius 1 is 1.31 bits per heavy atom. The minimum Gasteiger partial charge on any atom is -0.352 e. The summed E-state index contributed by atoms with van der Waals surface area (Å²) in [5, 5.41) is 5.52. The lowest BCUT2D eigenvalue weighted by atomic mass is 10.1. The van der Waals surface area contributed by atoms with Gasteiger partial charge in [-0.1, -0.05) is 20.8 Å². The Hall–Kier alpha value is -1.06. The summed E-state index contributed by atoms with van der Waals surface area (Å²) >= 11 is 0. The van der Waals surface area contributed by atoms with E-state index in [1.165, 1.54) is 0 Å². The second-order valence-electron chi connectivity index (χ2n) is 5.14. The minimum absolute atomic E-state index is 0.0138. The van der Waals surface area contributed by atoms with E-state index in [0.29, 0.717) is 11.8 Å². The van der Waals surface area contributed by atoms with Crippen LogP contribution in [0.5, 0.6) is 0 Å². The highest BCUT2D eigenvalue weighted by atomic mass is 16.2. The fourth-order valence-electron chi connectivity index (χ4n) is 1.46. The average Bonchev–Trinajstić information content (AvgIpc) is 2.91. The Labute approximate surface area is 97.2 Å². The number of rotatable bonds is 5. The molecule has 4 heteroatoms. The molecule has 2 N–H and O–H groups in total. The largest absolute Gasteiger partial charge is 0.352 e. The van der Waals surface area contributed by atoms with E-state index in [2.05, 4.69) is 24.5 Å². The summed E-state index contributed by atoms with van der Waals surface area (Å²) in [5.74, 6) is 0.929. The van der Waals surface area contributed by atoms with E-state index >= 15 is 0 Å². The van der Waals surface area contributed by atoms with Crippen LogP contribution in [0.1, 0.15) is 34.1 Å². The first-order chi connectivity index (χ1) is 7.41. The van der Waals surface area contributed by atoms with Gasteiger partial charge in [-0.15, -0.1) is 0 Å². The maximum atomic E-state index is 11.5. The predicted molar refractivity (Wildman–Crippen MR) is 62.7 cm³/mol. The first-order valence-corrected chi connectivity index (χ1v) is 5.99. The molecule has 0 aromatic heterocycles. The van der Waals surface area contributed by atoms with Gasteiger partial charge in [0.1, 0.15) is 0 Å². The van der Waals surface area contributed by atoms with Crippen LogP contribution in [0.25, 0.3) is 0 Å². The van der Waals surface area contributed by atoms with Gasteiger partial charge in [-0.3, -0.25) is 9.59 Å². The average molecular weight is 226 g/mol. The van der Waals surface area contributed by atoms with E-state index < -0.39 is 0 Å². The number of amides is 2. The maximum Gasteiger partial charge on any atom is 0.239 e. The normalized spacial score (nSPS) is 25.1. The first kappa shape index (κ1) is 13.0. The molecule has 0 spiro atoms. The fraction of sp³-hybridized carbons (Fsp3) is 0.833. The Morgan fingerprint density at radius 3 is 2.31 bits per heavy atom. The van der Waals surface area contributed by atoms with Crippen molar-refractivity contribution in [3.63, 3.8) is 0 Å². The number of carbonyl (C=O) groups is 2. The number of carbonyl (C=O) groups excluding carboxylic acids is 2. The molecule has 4 nitrogen and oxygen atoms in total. The molecule has 0 radical (unpaired) electrons. The predicted octanol–water partition coefficient (Wildman–Crippen LogP) is 0.919. The summed E-state index contributed by atoms with van der Waals surface area (Å²) < 4.78 is 0. The summed E-state index contributed by atoms with van der Waals surface area (Å²) in [6.07, 6.45) is 0.954. The molecule has 1 fully saturated rings. The highest BCUT2D eigenvalue weighted by molar-refractivity contribution is 5.87. The molecule has 2 amide bonds. The zero-order valence-corrected chi connectivity index (χ0v) is 10.5. The molecule has 0 unspecified atom stereocenters. The van der Waals surface area contributed by atoms with Crippen molar-refractivity contribution in [1.29, 1.82) is 0 Å². The van der Waals surface area contributed by atoms with Gasteiger partial charge in [-0.2, -0.15) is 0 Å². The molecular formula is C12H22N2O2. The first-order valence-electron chi connectivity index (χ1n) is 5.99. The molecule has 92 valence electrons. The Bertz CT molecular complexity index is 276. The Balaban J connectivity index is 2.17. The zero-order chi connectivity index (χ0) is 12.3. The third-order valence-corrected chi connectivity index (χ3v) is 3.26. The van der Waals surface area contributed by atoms with Gasteiger partial charge in [0.05, 0.1) is 6.54 Å². The third kappa shape index (κ3) is 3.83. The summed E-state index contributed by atoms with van der Waals surface area (Å²) in [6.45, 7) is 8.21. The number of hydrogen-bond acceptors (Lipinski definition) is 2. The Morgan fingerprint density at radius 2 is 1.88 bits per heavy atom. The van der Waals surface area contributed by atoms with Crippen molar-refractivity contribution in [2.45, 2.75) is 40.2 Å². The lowest BCUT2D eigenvalue weighted by Gasteiger charge is -2.17. The molecule has 1 rings (SSSR count). The molecule has 3 atom stereocenters. The molecule has 1 aliphatic carbocycles. The van der Waals surface area contributed by atoms with Crippen LogP contribution in [0.15, 0.2) is 0 Å². The molecular weight excluding hydrogens is 204 g/mol. The van der Waals surface area contributed by atoms with Gasteiger partial charge < -0.3 is 10.6 Å². The van der Waals surface area contributed by atoms with Crippen LogP contribution in [0.4, 0.5) is 0 Å². The smallest absolute Gasteiger partial charge is 0.239 e. The van der Waals surface area contributed by atoms with Crippen molar-refractivity contribution < 1.29 is 9.59 Å². The lowest BCUT2D eigenvalue weighted by Crippen LogP contribution is -2.43. The van der Waals surface area contributed by atoms with Crippen molar-refractivity contribution in [3.8, 4) is 0 Å². The van der Waals surface area contributed by atoms with Crippen molar-refractivity contribution in [1.82, 2.24) is 10.6 Å². The van der Waals surface area contributed by atoms with Crippen LogP contribution in [0, 0.1) is 17.8 Å². The van der Waals surface area contributed by atoms with Crippen LogP contribution in [0.3, 0.4) is 0 Å². The monoisotopic (exact) mass is 226 g/mol. The van der Waals surface area contributed by atoms with Gasteiger partial charge in [-0.25, -0.2) is 0 Å². The van der Waals surface area contributed by atoms with Crippen molar-refractivity contribution in [2.24, 2.45) is 17.8 Å². The van der Waals surface area contributed by atoms with Gasteiger partial charge in [-0.05, 0) is 25.2 Å². The van der Waals surface area contributed by atoms with E-state index in [-0.39, 0.29) is 30.3 Å². The molecule has 0 bridgehead atoms. The van der Waals surface area contributed by atoms with Crippen LogP contribution in [-0.4, -0.2) is 24.4 Å². The standard InChI is InChI=1S/C12H22N2O2/c1-7(2)9(4)14-11(15)6-13-12(16)10-5-8(10)3/h7-10H,5-6H2,1-4H3,(H,13,16)(H,14,15)/t8-,9+,10-/m1/s1. The Kier molecular flexibility index (Phi) is 4.33. The molecule has 0 heterocycles. The van der Waals surface area contributed by atoms with Gasteiger partial charge in [0.25, 0.3) is 0 Å². The van der Waals surface area contributed by atoms with Crippen molar-refractivity contribution in [3.05, 3.63) is 0 Å². The van der Waals surface area contributed by atoms with Crippen molar-refractivity contribution in [2.75, 3.05) is 6.54 Å². The van der Waals surface area contributed by atoms with Crippen LogP contribution < -0.4 is 10.6 Å². The number of hydrogen-bond donors (Lipinski definition) is 2. The summed E-state index contributed by atoms with van der Waals surface area (Å²) in [6, 6.07) is 0.143. The van der Waals surface area contributed by atoms with Gasteiger partial charge in [0.15, 0.2) is 0 Å². The molecule has 16 heavy (non-hydrogen) atoms. The van der Waals surface area contributed by atoms with Crippen LogP contribution >= 0.6 is 0 Å².